The maximum Gasteiger partial charge on any atom is 0.166 e. The lowest BCUT2D eigenvalue weighted by atomic mass is 9.96. The summed E-state index contributed by atoms with van der Waals surface area (Å²) in [7, 11) is 0. The zero-order valence-corrected chi connectivity index (χ0v) is 8.98. The molecule has 1 rings (SSSR count). The lowest BCUT2D eigenvalue weighted by molar-refractivity contribution is 0.430. The molecule has 1 aromatic rings. The molecule has 15 heavy (non-hydrogen) atoms. The Balaban J connectivity index is 3.26. The summed E-state index contributed by atoms with van der Waals surface area (Å²) in [5, 5.41) is 9.33. The van der Waals surface area contributed by atoms with Crippen LogP contribution in [0.2, 0.25) is 5.02 Å². The van der Waals surface area contributed by atoms with E-state index in [0.29, 0.717) is 13.0 Å². The summed E-state index contributed by atoms with van der Waals surface area (Å²) in [6.45, 7) is 1.98. The molecule has 0 aliphatic carbocycles. The standard InChI is InChI=1S/C10H12ClF2NO/c1-5(2-3-14)8-9(13)7(12)4-6(11)10(8)15/h4-5,15H,2-3,14H2,1H3. The quantitative estimate of drug-likeness (QED) is 0.792. The predicted molar refractivity (Wildman–Crippen MR) is 55.1 cm³/mol. The molecule has 84 valence electrons. The number of phenolic OH excluding ortho intramolecular Hbond substituents is 1. The van der Waals surface area contributed by atoms with Crippen molar-refractivity contribution in [3.63, 3.8) is 0 Å². The smallest absolute Gasteiger partial charge is 0.166 e. The molecule has 0 aliphatic rings. The highest BCUT2D eigenvalue weighted by Crippen LogP contribution is 2.37. The van der Waals surface area contributed by atoms with Crippen LogP contribution in [0, 0.1) is 11.6 Å². The van der Waals surface area contributed by atoms with E-state index >= 15 is 0 Å². The number of phenols is 1. The van der Waals surface area contributed by atoms with Crippen LogP contribution in [0.1, 0.15) is 24.8 Å². The van der Waals surface area contributed by atoms with Crippen molar-refractivity contribution in [2.45, 2.75) is 19.3 Å². The van der Waals surface area contributed by atoms with E-state index in [9.17, 15) is 13.9 Å². The Labute approximate surface area is 91.7 Å². The molecular weight excluding hydrogens is 224 g/mol. The fraction of sp³-hybridized carbons (Fsp3) is 0.400. The Morgan fingerprint density at radius 3 is 2.67 bits per heavy atom. The fourth-order valence-electron chi connectivity index (χ4n) is 1.45. The van der Waals surface area contributed by atoms with Crippen LogP contribution in [0.5, 0.6) is 5.75 Å². The van der Waals surface area contributed by atoms with Gasteiger partial charge >= 0.3 is 0 Å². The Kier molecular flexibility index (Phi) is 3.88. The van der Waals surface area contributed by atoms with E-state index in [1.807, 2.05) is 0 Å². The molecule has 2 nitrogen and oxygen atoms in total. The maximum absolute atomic E-state index is 13.4. The van der Waals surface area contributed by atoms with Crippen molar-refractivity contribution in [3.8, 4) is 5.75 Å². The van der Waals surface area contributed by atoms with Gasteiger partial charge in [0.15, 0.2) is 11.6 Å². The summed E-state index contributed by atoms with van der Waals surface area (Å²) in [6, 6.07) is 0.755. The second kappa shape index (κ2) is 4.77. The highest BCUT2D eigenvalue weighted by Gasteiger charge is 2.21. The zero-order valence-electron chi connectivity index (χ0n) is 8.23. The molecule has 0 aromatic heterocycles. The Morgan fingerprint density at radius 1 is 1.53 bits per heavy atom. The monoisotopic (exact) mass is 235 g/mol. The first-order chi connectivity index (χ1) is 6.99. The number of nitrogens with two attached hydrogens (primary N) is 1. The molecule has 1 unspecified atom stereocenters. The summed E-state index contributed by atoms with van der Waals surface area (Å²) in [5.41, 5.74) is 5.21. The summed E-state index contributed by atoms with van der Waals surface area (Å²) in [5.74, 6) is -2.89. The third-order valence-corrected chi connectivity index (χ3v) is 2.56. The molecule has 0 saturated heterocycles. The second-order valence-corrected chi connectivity index (χ2v) is 3.80. The van der Waals surface area contributed by atoms with Gasteiger partial charge < -0.3 is 10.8 Å². The molecule has 0 aliphatic heterocycles. The van der Waals surface area contributed by atoms with Crippen LogP contribution >= 0.6 is 11.6 Å². The molecular formula is C10H12ClF2NO. The van der Waals surface area contributed by atoms with Gasteiger partial charge in [0.2, 0.25) is 0 Å². The van der Waals surface area contributed by atoms with E-state index in [4.69, 9.17) is 17.3 Å². The van der Waals surface area contributed by atoms with Gasteiger partial charge in [-0.1, -0.05) is 18.5 Å². The van der Waals surface area contributed by atoms with Gasteiger partial charge in [-0.05, 0) is 24.9 Å². The maximum atomic E-state index is 13.4. The molecule has 0 saturated carbocycles. The van der Waals surface area contributed by atoms with Crippen molar-refractivity contribution in [2.75, 3.05) is 6.54 Å². The van der Waals surface area contributed by atoms with Gasteiger partial charge in [0.25, 0.3) is 0 Å². The number of halogens is 3. The van der Waals surface area contributed by atoms with E-state index in [1.165, 1.54) is 0 Å². The van der Waals surface area contributed by atoms with Gasteiger partial charge in [-0.15, -0.1) is 0 Å². The molecule has 0 bridgehead atoms. The molecule has 0 spiro atoms. The van der Waals surface area contributed by atoms with Crippen molar-refractivity contribution in [3.05, 3.63) is 28.3 Å². The first-order valence-corrected chi connectivity index (χ1v) is 4.93. The third kappa shape index (κ3) is 2.38. The molecule has 1 aromatic carbocycles. The first kappa shape index (κ1) is 12.2. The van der Waals surface area contributed by atoms with E-state index in [1.54, 1.807) is 6.92 Å². The number of hydrogen-bond donors (Lipinski definition) is 2. The van der Waals surface area contributed by atoms with Crippen LogP contribution < -0.4 is 5.73 Å². The minimum atomic E-state index is -1.06. The van der Waals surface area contributed by atoms with Gasteiger partial charge in [0.05, 0.1) is 5.02 Å². The molecule has 0 radical (unpaired) electrons. The Morgan fingerprint density at radius 2 is 2.13 bits per heavy atom. The van der Waals surface area contributed by atoms with Crippen LogP contribution in [0.3, 0.4) is 0 Å². The van der Waals surface area contributed by atoms with Gasteiger partial charge in [0, 0.05) is 5.56 Å². The van der Waals surface area contributed by atoms with Crippen molar-refractivity contribution in [1.29, 1.82) is 0 Å². The summed E-state index contributed by atoms with van der Waals surface area (Å²) < 4.78 is 26.4. The van der Waals surface area contributed by atoms with Crippen molar-refractivity contribution < 1.29 is 13.9 Å². The van der Waals surface area contributed by atoms with Gasteiger partial charge in [-0.3, -0.25) is 0 Å². The molecule has 5 heteroatoms. The topological polar surface area (TPSA) is 46.2 Å². The summed E-state index contributed by atoms with van der Waals surface area (Å²) in [4.78, 5) is 0. The summed E-state index contributed by atoms with van der Waals surface area (Å²) >= 11 is 5.55. The van der Waals surface area contributed by atoms with Crippen molar-refractivity contribution in [1.82, 2.24) is 0 Å². The normalized spacial score (nSPS) is 12.9. The number of benzene rings is 1. The van der Waals surface area contributed by atoms with Crippen LogP contribution in [-0.2, 0) is 0 Å². The van der Waals surface area contributed by atoms with E-state index in [2.05, 4.69) is 0 Å². The third-order valence-electron chi connectivity index (χ3n) is 2.27. The molecule has 0 heterocycles. The zero-order chi connectivity index (χ0) is 11.6. The number of hydrogen-bond acceptors (Lipinski definition) is 2. The van der Waals surface area contributed by atoms with Crippen LogP contribution in [-0.4, -0.2) is 11.7 Å². The molecule has 3 N–H and O–H groups in total. The highest BCUT2D eigenvalue weighted by atomic mass is 35.5. The van der Waals surface area contributed by atoms with Crippen LogP contribution in [0.4, 0.5) is 8.78 Å². The lowest BCUT2D eigenvalue weighted by Crippen LogP contribution is -2.07. The van der Waals surface area contributed by atoms with Crippen LogP contribution in [0.15, 0.2) is 6.07 Å². The minimum absolute atomic E-state index is 0.106. The van der Waals surface area contributed by atoms with Gasteiger partial charge in [-0.2, -0.15) is 0 Å². The fourth-order valence-corrected chi connectivity index (χ4v) is 1.65. The molecule has 1 atom stereocenters. The number of aromatic hydroxyl groups is 1. The van der Waals surface area contributed by atoms with Crippen LogP contribution in [0.25, 0.3) is 0 Å². The van der Waals surface area contributed by atoms with E-state index in [-0.39, 0.29) is 16.5 Å². The average molecular weight is 236 g/mol. The van der Waals surface area contributed by atoms with Gasteiger partial charge in [0.1, 0.15) is 5.75 Å². The van der Waals surface area contributed by atoms with Crippen molar-refractivity contribution in [2.24, 2.45) is 5.73 Å². The lowest BCUT2D eigenvalue weighted by Gasteiger charge is -2.14. The molecule has 0 fully saturated rings. The molecule has 0 amide bonds. The average Bonchev–Trinajstić information content (AvgIpc) is 2.16. The Bertz CT molecular complexity index is 345. The minimum Gasteiger partial charge on any atom is -0.506 e. The Hall–Kier alpha value is -0.870. The van der Waals surface area contributed by atoms with Gasteiger partial charge in [-0.25, -0.2) is 8.78 Å². The second-order valence-electron chi connectivity index (χ2n) is 3.39. The SMILES string of the molecule is CC(CCN)c1c(O)c(Cl)cc(F)c1F. The highest BCUT2D eigenvalue weighted by molar-refractivity contribution is 6.32. The van der Waals surface area contributed by atoms with Crippen molar-refractivity contribution >= 4 is 11.6 Å². The first-order valence-electron chi connectivity index (χ1n) is 4.55. The van der Waals surface area contributed by atoms with E-state index in [0.717, 1.165) is 6.07 Å². The summed E-state index contributed by atoms with van der Waals surface area (Å²) in [6.07, 6.45) is 0.449. The largest absolute Gasteiger partial charge is 0.506 e. The predicted octanol–water partition coefficient (Wildman–Crippen LogP) is 2.78. The van der Waals surface area contributed by atoms with E-state index < -0.39 is 17.4 Å². The number of rotatable bonds is 3.